The number of aromatic amines is 1. The average Bonchev–Trinajstić information content (AvgIpc) is 2.88. The molecular weight excluding hydrogens is 246 g/mol. The Bertz CT molecular complexity index is 622. The molecule has 3 heteroatoms. The van der Waals surface area contributed by atoms with Crippen molar-refractivity contribution in [3.63, 3.8) is 0 Å². The lowest BCUT2D eigenvalue weighted by molar-refractivity contribution is 0.159. The molecule has 0 radical (unpaired) electrons. The second kappa shape index (κ2) is 4.90. The summed E-state index contributed by atoms with van der Waals surface area (Å²) in [7, 11) is 0. The molecule has 20 heavy (non-hydrogen) atoms. The van der Waals surface area contributed by atoms with Crippen LogP contribution in [0.1, 0.15) is 23.2 Å². The highest BCUT2D eigenvalue weighted by atomic mass is 15.2. The maximum absolute atomic E-state index is 3.68. The van der Waals surface area contributed by atoms with Crippen LogP contribution in [0.5, 0.6) is 0 Å². The Labute approximate surface area is 120 Å². The van der Waals surface area contributed by atoms with E-state index < -0.39 is 0 Å². The molecule has 2 heterocycles. The van der Waals surface area contributed by atoms with Gasteiger partial charge in [0.1, 0.15) is 0 Å². The van der Waals surface area contributed by atoms with Crippen molar-refractivity contribution < 1.29 is 0 Å². The summed E-state index contributed by atoms with van der Waals surface area (Å²) in [5.74, 6) is 0. The first-order valence-electron chi connectivity index (χ1n) is 7.87. The minimum Gasteiger partial charge on any atom is -0.358 e. The quantitative estimate of drug-likeness (QED) is 0.832. The van der Waals surface area contributed by atoms with Gasteiger partial charge in [-0.3, -0.25) is 4.90 Å². The van der Waals surface area contributed by atoms with Crippen molar-refractivity contribution >= 4 is 10.9 Å². The number of hydrogen-bond acceptors (Lipinski definition) is 2. The molecule has 106 valence electrons. The zero-order valence-electron chi connectivity index (χ0n) is 12.2. The van der Waals surface area contributed by atoms with Crippen LogP contribution < -0.4 is 5.32 Å². The van der Waals surface area contributed by atoms with E-state index in [2.05, 4.69) is 40.3 Å². The van der Waals surface area contributed by atoms with E-state index in [9.17, 15) is 0 Å². The number of nitrogens with one attached hydrogen (secondary N) is 2. The molecule has 1 aromatic heterocycles. The van der Waals surface area contributed by atoms with Gasteiger partial charge in [-0.1, -0.05) is 18.2 Å². The second-order valence-electron chi connectivity index (χ2n) is 6.26. The van der Waals surface area contributed by atoms with Crippen LogP contribution in [0.25, 0.3) is 10.9 Å². The first-order chi connectivity index (χ1) is 9.83. The Kier molecular flexibility index (Phi) is 3.04. The SMILES string of the molecule is Cc1cccc2c3c([nH]c12)CCC(N1CCNCC1)C3. The molecule has 1 aromatic carbocycles. The number of para-hydroxylation sites is 1. The van der Waals surface area contributed by atoms with Gasteiger partial charge in [0.05, 0.1) is 0 Å². The van der Waals surface area contributed by atoms with Crippen LogP contribution in [-0.4, -0.2) is 42.1 Å². The molecule has 2 N–H and O–H groups in total. The van der Waals surface area contributed by atoms with Crippen LogP contribution in [0.3, 0.4) is 0 Å². The van der Waals surface area contributed by atoms with Crippen LogP contribution in [0, 0.1) is 6.92 Å². The second-order valence-corrected chi connectivity index (χ2v) is 6.26. The van der Waals surface area contributed by atoms with Gasteiger partial charge in [-0.2, -0.15) is 0 Å². The fraction of sp³-hybridized carbons (Fsp3) is 0.529. The molecule has 3 nitrogen and oxygen atoms in total. The molecule has 1 saturated heterocycles. The molecule has 2 aliphatic rings. The van der Waals surface area contributed by atoms with Gasteiger partial charge < -0.3 is 10.3 Å². The largest absolute Gasteiger partial charge is 0.358 e. The number of nitrogens with zero attached hydrogens (tertiary/aromatic N) is 1. The lowest BCUT2D eigenvalue weighted by atomic mass is 9.90. The third-order valence-corrected chi connectivity index (χ3v) is 5.07. The van der Waals surface area contributed by atoms with Crippen molar-refractivity contribution in [2.24, 2.45) is 0 Å². The Morgan fingerprint density at radius 1 is 1.20 bits per heavy atom. The summed E-state index contributed by atoms with van der Waals surface area (Å²) in [5.41, 5.74) is 5.80. The van der Waals surface area contributed by atoms with Crippen molar-refractivity contribution in [3.05, 3.63) is 35.0 Å². The van der Waals surface area contributed by atoms with Crippen molar-refractivity contribution in [2.75, 3.05) is 26.2 Å². The number of aromatic nitrogens is 1. The summed E-state index contributed by atoms with van der Waals surface area (Å²) in [6.45, 7) is 6.92. The number of piperazine rings is 1. The molecule has 1 fully saturated rings. The van der Waals surface area contributed by atoms with E-state index >= 15 is 0 Å². The van der Waals surface area contributed by atoms with Gasteiger partial charge in [0.15, 0.2) is 0 Å². The van der Waals surface area contributed by atoms with E-state index in [-0.39, 0.29) is 0 Å². The van der Waals surface area contributed by atoms with E-state index in [1.807, 2.05) is 0 Å². The first-order valence-corrected chi connectivity index (χ1v) is 7.87. The van der Waals surface area contributed by atoms with E-state index in [1.54, 1.807) is 5.56 Å². The van der Waals surface area contributed by atoms with Crippen LogP contribution in [0.15, 0.2) is 18.2 Å². The van der Waals surface area contributed by atoms with Gasteiger partial charge in [0.2, 0.25) is 0 Å². The first kappa shape index (κ1) is 12.4. The van der Waals surface area contributed by atoms with Gasteiger partial charge in [0.25, 0.3) is 0 Å². The van der Waals surface area contributed by atoms with Gasteiger partial charge in [-0.05, 0) is 37.3 Å². The van der Waals surface area contributed by atoms with Crippen molar-refractivity contribution in [3.8, 4) is 0 Å². The predicted octanol–water partition coefficient (Wildman–Crippen LogP) is 2.24. The molecular formula is C17H23N3. The summed E-state index contributed by atoms with van der Waals surface area (Å²) < 4.78 is 0. The standard InChI is InChI=1S/C17H23N3/c1-12-3-2-4-14-15-11-13(20-9-7-18-8-10-20)5-6-16(15)19-17(12)14/h2-4,13,18-19H,5-11H2,1H3. The predicted molar refractivity (Wildman–Crippen MR) is 83.3 cm³/mol. The maximum Gasteiger partial charge on any atom is 0.0488 e. The van der Waals surface area contributed by atoms with E-state index in [0.29, 0.717) is 0 Å². The van der Waals surface area contributed by atoms with Crippen LogP contribution in [-0.2, 0) is 12.8 Å². The van der Waals surface area contributed by atoms with Gasteiger partial charge in [0, 0.05) is 48.8 Å². The molecule has 0 bridgehead atoms. The topological polar surface area (TPSA) is 31.1 Å². The normalized spacial score (nSPS) is 23.9. The molecule has 1 aliphatic heterocycles. The van der Waals surface area contributed by atoms with Gasteiger partial charge in [-0.15, -0.1) is 0 Å². The number of aryl methyl sites for hydroxylation is 2. The van der Waals surface area contributed by atoms with Crippen molar-refractivity contribution in [1.29, 1.82) is 0 Å². The molecule has 1 unspecified atom stereocenters. The highest BCUT2D eigenvalue weighted by molar-refractivity contribution is 5.87. The number of fused-ring (bicyclic) bond motifs is 3. The summed E-state index contributed by atoms with van der Waals surface area (Å²) in [4.78, 5) is 6.37. The van der Waals surface area contributed by atoms with Gasteiger partial charge in [-0.25, -0.2) is 0 Å². The lowest BCUT2D eigenvalue weighted by Crippen LogP contribution is -2.50. The summed E-state index contributed by atoms with van der Waals surface area (Å²) in [6.07, 6.45) is 3.73. The maximum atomic E-state index is 3.68. The third-order valence-electron chi connectivity index (χ3n) is 5.07. The number of hydrogen-bond donors (Lipinski definition) is 2. The Hall–Kier alpha value is -1.32. The van der Waals surface area contributed by atoms with Crippen molar-refractivity contribution in [2.45, 2.75) is 32.2 Å². The Morgan fingerprint density at radius 2 is 2.05 bits per heavy atom. The minimum atomic E-state index is 0.740. The average molecular weight is 269 g/mol. The van der Waals surface area contributed by atoms with E-state index in [4.69, 9.17) is 0 Å². The van der Waals surface area contributed by atoms with E-state index in [0.717, 1.165) is 19.1 Å². The minimum absolute atomic E-state index is 0.740. The van der Waals surface area contributed by atoms with Crippen molar-refractivity contribution in [1.82, 2.24) is 15.2 Å². The fourth-order valence-corrected chi connectivity index (χ4v) is 3.93. The highest BCUT2D eigenvalue weighted by Gasteiger charge is 2.27. The molecule has 0 saturated carbocycles. The molecule has 0 spiro atoms. The smallest absolute Gasteiger partial charge is 0.0488 e. The van der Waals surface area contributed by atoms with E-state index in [1.165, 1.54) is 54.5 Å². The molecule has 2 aromatic rings. The van der Waals surface area contributed by atoms with Crippen LogP contribution in [0.4, 0.5) is 0 Å². The molecule has 1 atom stereocenters. The number of H-pyrrole nitrogens is 1. The zero-order chi connectivity index (χ0) is 13.5. The van der Waals surface area contributed by atoms with Gasteiger partial charge >= 0.3 is 0 Å². The summed E-state index contributed by atoms with van der Waals surface area (Å²) >= 11 is 0. The summed E-state index contributed by atoms with van der Waals surface area (Å²) in [6, 6.07) is 7.43. The lowest BCUT2D eigenvalue weighted by Gasteiger charge is -2.37. The zero-order valence-corrected chi connectivity index (χ0v) is 12.2. The highest BCUT2D eigenvalue weighted by Crippen LogP contribution is 2.32. The fourth-order valence-electron chi connectivity index (χ4n) is 3.93. The molecule has 0 amide bonds. The monoisotopic (exact) mass is 269 g/mol. The third kappa shape index (κ3) is 1.97. The summed E-state index contributed by atoms with van der Waals surface area (Å²) in [5, 5.41) is 4.92. The Balaban J connectivity index is 1.67. The molecule has 4 rings (SSSR count). The van der Waals surface area contributed by atoms with Crippen LogP contribution in [0.2, 0.25) is 0 Å². The number of rotatable bonds is 1. The Morgan fingerprint density at radius 3 is 2.90 bits per heavy atom. The molecule has 1 aliphatic carbocycles. The van der Waals surface area contributed by atoms with Crippen LogP contribution >= 0.6 is 0 Å². The number of benzene rings is 1.